The number of likely N-dealkylation sites (tertiary alicyclic amines) is 1. The number of aliphatic hydroxyl groups is 1. The minimum Gasteiger partial charge on any atom is -0.470 e. The Hall–Kier alpha value is -3.79. The highest BCUT2D eigenvalue weighted by molar-refractivity contribution is 5.97. The molecule has 1 saturated heterocycles. The minimum atomic E-state index is -0.208. The number of ether oxygens (including phenoxy) is 1. The highest BCUT2D eigenvalue weighted by atomic mass is 16.5. The zero-order valence-electron chi connectivity index (χ0n) is 16.7. The lowest BCUT2D eigenvalue weighted by molar-refractivity contribution is 0.0530. The van der Waals surface area contributed by atoms with Gasteiger partial charge in [0, 0.05) is 25.1 Å². The Morgan fingerprint density at radius 3 is 2.87 bits per heavy atom. The van der Waals surface area contributed by atoms with Crippen LogP contribution in [0.5, 0.6) is 5.88 Å². The van der Waals surface area contributed by atoms with Crippen LogP contribution in [0.4, 0.5) is 0 Å². The number of piperidine rings is 1. The van der Waals surface area contributed by atoms with E-state index in [9.17, 15) is 9.90 Å². The Morgan fingerprint density at radius 1 is 1.19 bits per heavy atom. The first-order valence-electron chi connectivity index (χ1n) is 10.1. The maximum Gasteiger partial charge on any atom is 0.258 e. The molecule has 0 bridgehead atoms. The molecule has 4 heterocycles. The van der Waals surface area contributed by atoms with Gasteiger partial charge in [-0.2, -0.15) is 15.0 Å². The maximum absolute atomic E-state index is 13.3. The molecule has 1 N–H and O–H groups in total. The van der Waals surface area contributed by atoms with E-state index in [4.69, 9.17) is 4.74 Å². The summed E-state index contributed by atoms with van der Waals surface area (Å²) in [6, 6.07) is 7.30. The maximum atomic E-state index is 13.3. The number of aromatic nitrogens is 6. The van der Waals surface area contributed by atoms with Gasteiger partial charge >= 0.3 is 0 Å². The first kappa shape index (κ1) is 19.2. The van der Waals surface area contributed by atoms with Gasteiger partial charge in [-0.3, -0.25) is 4.79 Å². The molecule has 1 aliphatic rings. The third-order valence-electron chi connectivity index (χ3n) is 5.27. The molecule has 10 heteroatoms. The van der Waals surface area contributed by atoms with Gasteiger partial charge in [0.2, 0.25) is 5.65 Å². The van der Waals surface area contributed by atoms with Crippen molar-refractivity contribution in [1.82, 2.24) is 34.3 Å². The van der Waals surface area contributed by atoms with Crippen molar-refractivity contribution in [1.29, 1.82) is 0 Å². The second-order valence-corrected chi connectivity index (χ2v) is 7.32. The molecule has 0 radical (unpaired) electrons. The molecule has 0 spiro atoms. The average Bonchev–Trinajstić information content (AvgIpc) is 3.49. The highest BCUT2D eigenvalue weighted by Crippen LogP contribution is 2.23. The summed E-state index contributed by atoms with van der Waals surface area (Å²) in [5, 5.41) is 17.7. The largest absolute Gasteiger partial charge is 0.470 e. The van der Waals surface area contributed by atoms with E-state index >= 15 is 0 Å². The number of carbonyl (C=O) groups excluding carboxylic acids is 1. The summed E-state index contributed by atoms with van der Waals surface area (Å²) >= 11 is 0. The van der Waals surface area contributed by atoms with Crippen LogP contribution in [0.15, 0.2) is 55.2 Å². The van der Waals surface area contributed by atoms with Gasteiger partial charge in [-0.25, -0.2) is 9.97 Å². The van der Waals surface area contributed by atoms with Gasteiger partial charge in [-0.15, -0.1) is 0 Å². The summed E-state index contributed by atoms with van der Waals surface area (Å²) in [6.07, 6.45) is 9.70. The van der Waals surface area contributed by atoms with Crippen molar-refractivity contribution in [3.8, 4) is 11.6 Å². The Morgan fingerprint density at radius 2 is 2.03 bits per heavy atom. The fourth-order valence-corrected chi connectivity index (χ4v) is 3.82. The van der Waals surface area contributed by atoms with Gasteiger partial charge in [0.1, 0.15) is 6.10 Å². The number of carbonyl (C=O) groups is 1. The topological polar surface area (TPSA) is 111 Å². The first-order chi connectivity index (χ1) is 15.2. The van der Waals surface area contributed by atoms with Crippen LogP contribution in [-0.2, 0) is 6.61 Å². The van der Waals surface area contributed by atoms with Crippen LogP contribution in [0.1, 0.15) is 28.9 Å². The lowest BCUT2D eigenvalue weighted by Crippen LogP contribution is -2.44. The van der Waals surface area contributed by atoms with Crippen LogP contribution in [0.25, 0.3) is 11.3 Å². The molecule has 1 amide bonds. The summed E-state index contributed by atoms with van der Waals surface area (Å²) in [5.74, 6) is 0.304. The van der Waals surface area contributed by atoms with E-state index in [2.05, 4.69) is 20.2 Å². The molecule has 1 aliphatic heterocycles. The Balaban J connectivity index is 1.36. The lowest BCUT2D eigenvalue weighted by Gasteiger charge is -2.33. The van der Waals surface area contributed by atoms with E-state index < -0.39 is 0 Å². The van der Waals surface area contributed by atoms with Crippen LogP contribution in [0.2, 0.25) is 0 Å². The van der Waals surface area contributed by atoms with Crippen molar-refractivity contribution >= 4 is 11.6 Å². The number of rotatable bonds is 5. The molecule has 1 fully saturated rings. The van der Waals surface area contributed by atoms with Crippen LogP contribution < -0.4 is 4.74 Å². The van der Waals surface area contributed by atoms with Crippen LogP contribution >= 0.6 is 0 Å². The molecule has 0 saturated carbocycles. The monoisotopic (exact) mass is 419 g/mol. The quantitative estimate of drug-likeness (QED) is 0.522. The van der Waals surface area contributed by atoms with E-state index in [0.717, 1.165) is 12.8 Å². The molecule has 5 rings (SSSR count). The number of benzene rings is 1. The van der Waals surface area contributed by atoms with Gasteiger partial charge in [0.25, 0.3) is 11.8 Å². The number of hydrogen-bond acceptors (Lipinski definition) is 7. The predicted octanol–water partition coefficient (Wildman–Crippen LogP) is 1.49. The van der Waals surface area contributed by atoms with Crippen LogP contribution in [0, 0.1) is 0 Å². The molecule has 1 unspecified atom stereocenters. The van der Waals surface area contributed by atoms with Crippen molar-refractivity contribution < 1.29 is 14.6 Å². The van der Waals surface area contributed by atoms with Gasteiger partial charge in [0.15, 0.2) is 0 Å². The fraction of sp³-hybridized carbons (Fsp3) is 0.286. The minimum absolute atomic E-state index is 0.0873. The van der Waals surface area contributed by atoms with E-state index in [0.29, 0.717) is 41.6 Å². The third kappa shape index (κ3) is 3.73. The van der Waals surface area contributed by atoms with Crippen molar-refractivity contribution in [3.05, 3.63) is 66.5 Å². The van der Waals surface area contributed by atoms with E-state index in [1.54, 1.807) is 46.4 Å². The predicted molar refractivity (Wildman–Crippen MR) is 110 cm³/mol. The van der Waals surface area contributed by atoms with Gasteiger partial charge < -0.3 is 19.1 Å². The summed E-state index contributed by atoms with van der Waals surface area (Å²) in [4.78, 5) is 25.2. The molecule has 0 aliphatic carbocycles. The molecule has 1 atom stereocenters. The van der Waals surface area contributed by atoms with E-state index in [-0.39, 0.29) is 18.6 Å². The molecular weight excluding hydrogens is 398 g/mol. The molecule has 158 valence electrons. The van der Waals surface area contributed by atoms with Gasteiger partial charge in [0.05, 0.1) is 42.5 Å². The SMILES string of the molecule is O=C(c1ccccc1-n1nccn1)N1CCCC(Oc2nccn3cc(CO)nc23)C1. The van der Waals surface area contributed by atoms with E-state index in [1.807, 2.05) is 18.2 Å². The smallest absolute Gasteiger partial charge is 0.258 e. The zero-order chi connectivity index (χ0) is 21.2. The molecule has 10 nitrogen and oxygen atoms in total. The third-order valence-corrected chi connectivity index (χ3v) is 5.27. The lowest BCUT2D eigenvalue weighted by atomic mass is 10.1. The van der Waals surface area contributed by atoms with Gasteiger partial charge in [-0.05, 0) is 25.0 Å². The molecular formula is C21H21N7O3. The summed E-state index contributed by atoms with van der Waals surface area (Å²) in [6.45, 7) is 0.933. The Kier molecular flexibility index (Phi) is 5.04. The number of imidazole rings is 1. The van der Waals surface area contributed by atoms with E-state index in [1.165, 1.54) is 4.80 Å². The highest BCUT2D eigenvalue weighted by Gasteiger charge is 2.28. The summed E-state index contributed by atoms with van der Waals surface area (Å²) in [5.41, 5.74) is 2.27. The van der Waals surface area contributed by atoms with Gasteiger partial charge in [-0.1, -0.05) is 12.1 Å². The summed E-state index contributed by atoms with van der Waals surface area (Å²) in [7, 11) is 0. The number of fused-ring (bicyclic) bond motifs is 1. The standard InChI is InChI=1S/C21H21N7O3/c29-14-15-12-26-11-9-22-20(19(26)25-15)31-16-4-3-10-27(13-16)21(30)17-5-1-2-6-18(17)28-23-7-8-24-28/h1-2,5-9,11-12,16,29H,3-4,10,13-14H2. The fourth-order valence-electron chi connectivity index (χ4n) is 3.82. The zero-order valence-corrected chi connectivity index (χ0v) is 16.7. The van der Waals surface area contributed by atoms with Crippen molar-refractivity contribution in [2.24, 2.45) is 0 Å². The molecule has 3 aromatic heterocycles. The Bertz CT molecular complexity index is 1200. The number of hydrogen-bond donors (Lipinski definition) is 1. The van der Waals surface area contributed by atoms with Crippen molar-refractivity contribution in [3.63, 3.8) is 0 Å². The second kappa shape index (κ2) is 8.15. The molecule has 1 aromatic carbocycles. The summed E-state index contributed by atoms with van der Waals surface area (Å²) < 4.78 is 7.92. The molecule has 4 aromatic rings. The average molecular weight is 419 g/mol. The normalized spacial score (nSPS) is 16.5. The first-order valence-corrected chi connectivity index (χ1v) is 10.1. The van der Waals surface area contributed by atoms with Crippen molar-refractivity contribution in [2.45, 2.75) is 25.6 Å². The second-order valence-electron chi connectivity index (χ2n) is 7.32. The Labute approximate surface area is 177 Å². The van der Waals surface area contributed by atoms with Crippen LogP contribution in [-0.4, -0.2) is 64.5 Å². The number of aliphatic hydroxyl groups excluding tert-OH is 1. The number of amides is 1. The van der Waals surface area contributed by atoms with Crippen molar-refractivity contribution in [2.75, 3.05) is 13.1 Å². The number of nitrogens with zero attached hydrogens (tertiary/aromatic N) is 7. The van der Waals surface area contributed by atoms with Crippen LogP contribution in [0.3, 0.4) is 0 Å². The molecule has 31 heavy (non-hydrogen) atoms. The number of para-hydroxylation sites is 1.